The summed E-state index contributed by atoms with van der Waals surface area (Å²) in [6.07, 6.45) is 5.29. The molecule has 4 heterocycles. The molecule has 0 bridgehead atoms. The van der Waals surface area contributed by atoms with Crippen LogP contribution in [0.25, 0.3) is 0 Å². The third-order valence-electron chi connectivity index (χ3n) is 7.74. The van der Waals surface area contributed by atoms with Gasteiger partial charge in [0.05, 0.1) is 17.7 Å². The van der Waals surface area contributed by atoms with E-state index < -0.39 is 5.41 Å². The Morgan fingerprint density at radius 2 is 1.85 bits per heavy atom. The number of aromatic nitrogens is 1. The molecule has 0 aliphatic carbocycles. The fourth-order valence-electron chi connectivity index (χ4n) is 5.64. The van der Waals surface area contributed by atoms with Crippen LogP contribution in [0.2, 0.25) is 0 Å². The standard InChI is InChI=1S/C24H35N5O5/c1-16-13-20(34-27-16)22(32)29-10-6-19-18(15-29)5-3-4-7-24(23(33)25-14-21(31)26-19)8-11-28(12-9-24)17(2)30/h13,18-19H,3-12,14-15H2,1-2H3,(H,25,33)(H,26,31)/t18-,19+/m0/s1. The molecule has 2 atom stereocenters. The summed E-state index contributed by atoms with van der Waals surface area (Å²) >= 11 is 0. The molecule has 0 unspecified atom stereocenters. The zero-order chi connectivity index (χ0) is 24.3. The summed E-state index contributed by atoms with van der Waals surface area (Å²) in [4.78, 5) is 54.0. The molecule has 34 heavy (non-hydrogen) atoms. The number of nitrogens with zero attached hydrogens (tertiary/aromatic N) is 3. The van der Waals surface area contributed by atoms with E-state index in [-0.39, 0.29) is 47.9 Å². The molecule has 186 valence electrons. The van der Waals surface area contributed by atoms with Gasteiger partial charge in [0, 0.05) is 45.2 Å². The molecule has 3 saturated heterocycles. The van der Waals surface area contributed by atoms with Gasteiger partial charge >= 0.3 is 0 Å². The smallest absolute Gasteiger partial charge is 0.292 e. The predicted molar refractivity (Wildman–Crippen MR) is 123 cm³/mol. The summed E-state index contributed by atoms with van der Waals surface area (Å²) < 4.78 is 5.16. The maximum Gasteiger partial charge on any atom is 0.292 e. The van der Waals surface area contributed by atoms with Crippen LogP contribution in [-0.4, -0.2) is 77.4 Å². The van der Waals surface area contributed by atoms with Crippen molar-refractivity contribution in [2.24, 2.45) is 11.3 Å². The normalized spacial score (nSPS) is 26.1. The van der Waals surface area contributed by atoms with Gasteiger partial charge in [0.15, 0.2) is 0 Å². The van der Waals surface area contributed by atoms with E-state index in [1.165, 1.54) is 0 Å². The number of fused-ring (bicyclic) bond motifs is 1. The highest BCUT2D eigenvalue weighted by Crippen LogP contribution is 2.38. The van der Waals surface area contributed by atoms with Gasteiger partial charge in [-0.1, -0.05) is 18.0 Å². The second-order valence-electron chi connectivity index (χ2n) is 10.0. The molecule has 1 spiro atoms. The van der Waals surface area contributed by atoms with Crippen molar-refractivity contribution >= 4 is 23.6 Å². The Hall–Kier alpha value is -2.91. The first-order valence-electron chi connectivity index (χ1n) is 12.3. The highest BCUT2D eigenvalue weighted by molar-refractivity contribution is 5.91. The molecule has 3 aliphatic heterocycles. The maximum atomic E-state index is 13.1. The zero-order valence-corrected chi connectivity index (χ0v) is 20.1. The van der Waals surface area contributed by atoms with Gasteiger partial charge in [0.2, 0.25) is 23.5 Å². The van der Waals surface area contributed by atoms with Crippen LogP contribution in [0, 0.1) is 18.3 Å². The number of nitrogens with one attached hydrogen (secondary N) is 2. The lowest BCUT2D eigenvalue weighted by Gasteiger charge is -2.42. The van der Waals surface area contributed by atoms with Crippen molar-refractivity contribution in [2.45, 2.75) is 64.8 Å². The summed E-state index contributed by atoms with van der Waals surface area (Å²) in [6, 6.07) is 1.62. The molecule has 10 heteroatoms. The van der Waals surface area contributed by atoms with Crippen LogP contribution >= 0.6 is 0 Å². The van der Waals surface area contributed by atoms with Crippen molar-refractivity contribution in [3.63, 3.8) is 0 Å². The van der Waals surface area contributed by atoms with Gasteiger partial charge in [-0.15, -0.1) is 0 Å². The Bertz CT molecular complexity index is 936. The third-order valence-corrected chi connectivity index (χ3v) is 7.74. The summed E-state index contributed by atoms with van der Waals surface area (Å²) in [5, 5.41) is 9.78. The van der Waals surface area contributed by atoms with E-state index in [1.54, 1.807) is 29.7 Å². The van der Waals surface area contributed by atoms with Gasteiger partial charge in [-0.3, -0.25) is 19.2 Å². The first kappa shape index (κ1) is 24.2. The van der Waals surface area contributed by atoms with Gasteiger partial charge in [-0.2, -0.15) is 0 Å². The Kier molecular flexibility index (Phi) is 7.23. The number of likely N-dealkylation sites (tertiary alicyclic amines) is 2. The number of aryl methyl sites for hydroxylation is 1. The van der Waals surface area contributed by atoms with Gasteiger partial charge in [0.1, 0.15) is 0 Å². The minimum absolute atomic E-state index is 0.0305. The number of carbonyl (C=O) groups excluding carboxylic acids is 4. The van der Waals surface area contributed by atoms with Crippen molar-refractivity contribution in [1.29, 1.82) is 0 Å². The van der Waals surface area contributed by atoms with Gasteiger partial charge in [-0.25, -0.2) is 0 Å². The van der Waals surface area contributed by atoms with Crippen molar-refractivity contribution in [2.75, 3.05) is 32.7 Å². The minimum atomic E-state index is -0.538. The van der Waals surface area contributed by atoms with E-state index in [1.807, 2.05) is 0 Å². The van der Waals surface area contributed by atoms with E-state index in [9.17, 15) is 19.2 Å². The molecule has 1 aromatic heterocycles. The first-order valence-corrected chi connectivity index (χ1v) is 12.3. The fourth-order valence-corrected chi connectivity index (χ4v) is 5.64. The molecule has 0 aromatic carbocycles. The lowest BCUT2D eigenvalue weighted by atomic mass is 9.73. The topological polar surface area (TPSA) is 125 Å². The molecule has 2 N–H and O–H groups in total. The van der Waals surface area contributed by atoms with Crippen LogP contribution < -0.4 is 10.6 Å². The van der Waals surface area contributed by atoms with E-state index in [2.05, 4.69) is 15.8 Å². The quantitative estimate of drug-likeness (QED) is 0.633. The molecule has 0 saturated carbocycles. The SMILES string of the molecule is CC(=O)N1CCC2(CCCC[C@H]3CN(C(=O)c4cc(C)no4)CC[C@H]3NC(=O)CNC2=O)CC1. The van der Waals surface area contributed by atoms with E-state index in [4.69, 9.17) is 4.52 Å². The highest BCUT2D eigenvalue weighted by Gasteiger charge is 2.42. The minimum Gasteiger partial charge on any atom is -0.351 e. The average molecular weight is 474 g/mol. The molecule has 10 nitrogen and oxygen atoms in total. The van der Waals surface area contributed by atoms with Crippen LogP contribution in [-0.2, 0) is 14.4 Å². The summed E-state index contributed by atoms with van der Waals surface area (Å²) in [5.41, 5.74) is 0.130. The van der Waals surface area contributed by atoms with Crippen LogP contribution in [0.5, 0.6) is 0 Å². The number of rotatable bonds is 1. The van der Waals surface area contributed by atoms with Gasteiger partial charge in [0.25, 0.3) is 5.91 Å². The average Bonchev–Trinajstić information content (AvgIpc) is 3.26. The molecule has 1 aromatic rings. The summed E-state index contributed by atoms with van der Waals surface area (Å²) in [6.45, 7) is 5.50. The van der Waals surface area contributed by atoms with Crippen molar-refractivity contribution in [3.05, 3.63) is 17.5 Å². The number of hydrogen-bond donors (Lipinski definition) is 2. The highest BCUT2D eigenvalue weighted by atomic mass is 16.5. The number of hydrogen-bond acceptors (Lipinski definition) is 6. The molecule has 3 fully saturated rings. The lowest BCUT2D eigenvalue weighted by molar-refractivity contribution is -0.140. The van der Waals surface area contributed by atoms with Crippen LogP contribution in [0.15, 0.2) is 10.6 Å². The number of carbonyl (C=O) groups is 4. The van der Waals surface area contributed by atoms with Crippen molar-refractivity contribution in [1.82, 2.24) is 25.6 Å². The first-order chi connectivity index (χ1) is 16.3. The molecule has 4 rings (SSSR count). The Morgan fingerprint density at radius 3 is 2.53 bits per heavy atom. The fraction of sp³-hybridized carbons (Fsp3) is 0.708. The second kappa shape index (κ2) is 10.1. The number of piperidine rings is 2. The molecular formula is C24H35N5O5. The van der Waals surface area contributed by atoms with Crippen LogP contribution in [0.3, 0.4) is 0 Å². The van der Waals surface area contributed by atoms with Crippen LogP contribution in [0.1, 0.15) is 68.1 Å². The van der Waals surface area contributed by atoms with E-state index in [0.717, 1.165) is 25.7 Å². The second-order valence-corrected chi connectivity index (χ2v) is 10.0. The zero-order valence-electron chi connectivity index (χ0n) is 20.1. The summed E-state index contributed by atoms with van der Waals surface area (Å²) in [7, 11) is 0. The largest absolute Gasteiger partial charge is 0.351 e. The van der Waals surface area contributed by atoms with Gasteiger partial charge < -0.3 is 25.0 Å². The Balaban J connectivity index is 1.42. The predicted octanol–water partition coefficient (Wildman–Crippen LogP) is 1.25. The Morgan fingerprint density at radius 1 is 1.09 bits per heavy atom. The maximum absolute atomic E-state index is 13.1. The van der Waals surface area contributed by atoms with Gasteiger partial charge in [-0.05, 0) is 44.9 Å². The van der Waals surface area contributed by atoms with Crippen molar-refractivity contribution < 1.29 is 23.7 Å². The number of amides is 4. The molecule has 3 aliphatic rings. The lowest BCUT2D eigenvalue weighted by Crippen LogP contribution is -2.55. The summed E-state index contributed by atoms with van der Waals surface area (Å²) in [5.74, 6) is -0.0340. The van der Waals surface area contributed by atoms with Crippen molar-refractivity contribution in [3.8, 4) is 0 Å². The van der Waals surface area contributed by atoms with Crippen LogP contribution in [0.4, 0.5) is 0 Å². The van der Waals surface area contributed by atoms with E-state index in [0.29, 0.717) is 51.1 Å². The van der Waals surface area contributed by atoms with E-state index >= 15 is 0 Å². The molecule has 4 amide bonds. The Labute approximate surface area is 199 Å². The third kappa shape index (κ3) is 5.26. The molecular weight excluding hydrogens is 438 g/mol. The molecule has 0 radical (unpaired) electrons. The monoisotopic (exact) mass is 473 g/mol.